The number of anilines is 1. The first kappa shape index (κ1) is 11.8. The number of hydrogen-bond donors (Lipinski definition) is 2. The second-order valence-electron chi connectivity index (χ2n) is 4.42. The number of aromatic nitrogens is 4. The summed E-state index contributed by atoms with van der Waals surface area (Å²) in [4.78, 5) is 4.21. The Morgan fingerprint density at radius 2 is 2.24 bits per heavy atom. The highest BCUT2D eigenvalue weighted by Gasteiger charge is 2.18. The van der Waals surface area contributed by atoms with Gasteiger partial charge in [0.05, 0.1) is 5.60 Å². The average Bonchev–Trinajstić information content (AvgIpc) is 2.70. The Morgan fingerprint density at radius 3 is 2.94 bits per heavy atom. The van der Waals surface area contributed by atoms with Crippen molar-refractivity contribution < 1.29 is 5.11 Å². The summed E-state index contributed by atoms with van der Waals surface area (Å²) in [5.41, 5.74) is -0.0688. The lowest BCUT2D eigenvalue weighted by Gasteiger charge is -2.21. The van der Waals surface area contributed by atoms with Crippen molar-refractivity contribution in [1.82, 2.24) is 19.6 Å². The predicted molar refractivity (Wildman–Crippen MR) is 64.9 cm³/mol. The molecule has 0 saturated heterocycles. The molecule has 0 aliphatic carbocycles. The monoisotopic (exact) mass is 235 g/mol. The molecule has 1 unspecified atom stereocenters. The molecule has 0 saturated carbocycles. The van der Waals surface area contributed by atoms with Gasteiger partial charge in [0.15, 0.2) is 5.82 Å². The zero-order valence-electron chi connectivity index (χ0n) is 10.3. The summed E-state index contributed by atoms with van der Waals surface area (Å²) in [5, 5.41) is 21.1. The minimum Gasteiger partial charge on any atom is -0.388 e. The fourth-order valence-corrected chi connectivity index (χ4v) is 1.47. The van der Waals surface area contributed by atoms with Gasteiger partial charge in [-0.3, -0.25) is 4.40 Å². The van der Waals surface area contributed by atoms with Gasteiger partial charge in [0.2, 0.25) is 5.65 Å². The molecule has 2 heterocycles. The number of hydrogen-bond acceptors (Lipinski definition) is 5. The van der Waals surface area contributed by atoms with E-state index in [1.807, 2.05) is 24.4 Å². The molecule has 2 aromatic rings. The van der Waals surface area contributed by atoms with Gasteiger partial charge >= 0.3 is 0 Å². The Hall–Kier alpha value is -1.69. The topological polar surface area (TPSA) is 75.3 Å². The highest BCUT2D eigenvalue weighted by molar-refractivity contribution is 5.62. The first-order valence-electron chi connectivity index (χ1n) is 5.66. The number of nitrogens with zero attached hydrogens (tertiary/aromatic N) is 4. The molecule has 2 aromatic heterocycles. The van der Waals surface area contributed by atoms with Crippen LogP contribution >= 0.6 is 0 Å². The lowest BCUT2D eigenvalue weighted by Crippen LogP contribution is -2.32. The Bertz CT molecular complexity index is 520. The van der Waals surface area contributed by atoms with Crippen molar-refractivity contribution in [2.24, 2.45) is 0 Å². The minimum absolute atomic E-state index is 0.433. The number of aryl methyl sites for hydroxylation is 1. The molecule has 0 bridgehead atoms. The number of aliphatic hydroxyl groups is 1. The van der Waals surface area contributed by atoms with E-state index >= 15 is 0 Å². The van der Waals surface area contributed by atoms with E-state index in [4.69, 9.17) is 0 Å². The van der Waals surface area contributed by atoms with Crippen LogP contribution in [0, 0.1) is 6.92 Å². The lowest BCUT2D eigenvalue weighted by atomic mass is 10.0. The van der Waals surface area contributed by atoms with Crippen LogP contribution < -0.4 is 5.32 Å². The molecule has 6 heteroatoms. The molecule has 0 aliphatic heterocycles. The second kappa shape index (κ2) is 4.29. The van der Waals surface area contributed by atoms with E-state index in [9.17, 15) is 5.11 Å². The molecule has 2 N–H and O–H groups in total. The summed E-state index contributed by atoms with van der Waals surface area (Å²) in [6, 6.07) is 0. The molecule has 0 aliphatic rings. The van der Waals surface area contributed by atoms with Gasteiger partial charge in [-0.1, -0.05) is 6.92 Å². The third kappa shape index (κ3) is 2.36. The molecule has 17 heavy (non-hydrogen) atoms. The highest BCUT2D eigenvalue weighted by atomic mass is 16.3. The largest absolute Gasteiger partial charge is 0.388 e. The number of fused-ring (bicyclic) bond motifs is 1. The summed E-state index contributed by atoms with van der Waals surface area (Å²) < 4.78 is 1.86. The Balaban J connectivity index is 2.25. The first-order valence-corrected chi connectivity index (χ1v) is 5.66. The number of nitrogens with one attached hydrogen (secondary N) is 1. The summed E-state index contributed by atoms with van der Waals surface area (Å²) in [6.45, 7) is 6.04. The normalized spacial score (nSPS) is 14.8. The van der Waals surface area contributed by atoms with Gasteiger partial charge in [0.25, 0.3) is 0 Å². The Morgan fingerprint density at radius 1 is 1.47 bits per heavy atom. The van der Waals surface area contributed by atoms with Gasteiger partial charge in [-0.15, -0.1) is 10.2 Å². The maximum atomic E-state index is 9.93. The van der Waals surface area contributed by atoms with Crippen LogP contribution in [0.1, 0.15) is 26.1 Å². The van der Waals surface area contributed by atoms with E-state index < -0.39 is 5.60 Å². The van der Waals surface area contributed by atoms with Crippen LogP contribution in [0.3, 0.4) is 0 Å². The van der Waals surface area contributed by atoms with E-state index in [1.54, 1.807) is 13.1 Å². The van der Waals surface area contributed by atoms with Crippen molar-refractivity contribution in [1.29, 1.82) is 0 Å². The molecule has 0 fully saturated rings. The van der Waals surface area contributed by atoms with E-state index in [-0.39, 0.29) is 0 Å². The fraction of sp³-hybridized carbons (Fsp3) is 0.545. The van der Waals surface area contributed by atoms with Crippen LogP contribution in [0.5, 0.6) is 0 Å². The summed E-state index contributed by atoms with van der Waals surface area (Å²) >= 11 is 0. The number of rotatable bonds is 4. The quantitative estimate of drug-likeness (QED) is 0.827. The van der Waals surface area contributed by atoms with Gasteiger partial charge in [-0.2, -0.15) is 0 Å². The summed E-state index contributed by atoms with van der Waals surface area (Å²) in [7, 11) is 0. The van der Waals surface area contributed by atoms with Crippen molar-refractivity contribution >= 4 is 11.5 Å². The standard InChI is InChI=1S/C11H17N5O/c1-4-11(3,17)7-13-9-10-15-14-8(2)16(10)6-5-12-9/h5-6,17H,4,7H2,1-3H3,(H,12,13). The highest BCUT2D eigenvalue weighted by Crippen LogP contribution is 2.14. The molecule has 0 spiro atoms. The molecule has 0 radical (unpaired) electrons. The van der Waals surface area contributed by atoms with E-state index in [1.165, 1.54) is 0 Å². The van der Waals surface area contributed by atoms with Crippen LogP contribution in [0.15, 0.2) is 12.4 Å². The predicted octanol–water partition coefficient (Wildman–Crippen LogP) is 1.01. The third-order valence-electron chi connectivity index (χ3n) is 2.90. The average molecular weight is 235 g/mol. The van der Waals surface area contributed by atoms with Crippen LogP contribution in [-0.2, 0) is 0 Å². The molecular weight excluding hydrogens is 218 g/mol. The smallest absolute Gasteiger partial charge is 0.203 e. The lowest BCUT2D eigenvalue weighted by molar-refractivity contribution is 0.0697. The molecule has 0 aromatic carbocycles. The van der Waals surface area contributed by atoms with Crippen LogP contribution in [0.2, 0.25) is 0 Å². The first-order chi connectivity index (χ1) is 8.03. The van der Waals surface area contributed by atoms with Crippen molar-refractivity contribution in [2.75, 3.05) is 11.9 Å². The van der Waals surface area contributed by atoms with Crippen molar-refractivity contribution in [3.05, 3.63) is 18.2 Å². The SMILES string of the molecule is CCC(C)(O)CNc1nccn2c(C)nnc12. The molecular formula is C11H17N5O. The minimum atomic E-state index is -0.746. The van der Waals surface area contributed by atoms with Gasteiger partial charge in [0.1, 0.15) is 5.82 Å². The molecule has 92 valence electrons. The fourth-order valence-electron chi connectivity index (χ4n) is 1.47. The van der Waals surface area contributed by atoms with Crippen molar-refractivity contribution in [3.8, 4) is 0 Å². The third-order valence-corrected chi connectivity index (χ3v) is 2.90. The zero-order chi connectivity index (χ0) is 12.5. The van der Waals surface area contributed by atoms with E-state index in [0.717, 1.165) is 5.82 Å². The van der Waals surface area contributed by atoms with Crippen LogP contribution in [0.4, 0.5) is 5.82 Å². The van der Waals surface area contributed by atoms with Gasteiger partial charge in [-0.25, -0.2) is 4.98 Å². The van der Waals surface area contributed by atoms with Gasteiger partial charge in [0, 0.05) is 18.9 Å². The van der Waals surface area contributed by atoms with E-state index in [2.05, 4.69) is 20.5 Å². The molecule has 0 amide bonds. The zero-order valence-corrected chi connectivity index (χ0v) is 10.3. The maximum absolute atomic E-state index is 9.93. The molecule has 1 atom stereocenters. The van der Waals surface area contributed by atoms with Crippen molar-refractivity contribution in [2.45, 2.75) is 32.8 Å². The van der Waals surface area contributed by atoms with Gasteiger partial charge in [-0.05, 0) is 20.3 Å². The van der Waals surface area contributed by atoms with Crippen molar-refractivity contribution in [3.63, 3.8) is 0 Å². The Kier molecular flexibility index (Phi) is 2.97. The maximum Gasteiger partial charge on any atom is 0.203 e. The molecule has 6 nitrogen and oxygen atoms in total. The summed E-state index contributed by atoms with van der Waals surface area (Å²) in [5.74, 6) is 1.45. The van der Waals surface area contributed by atoms with E-state index in [0.29, 0.717) is 24.4 Å². The van der Waals surface area contributed by atoms with Crippen LogP contribution in [0.25, 0.3) is 5.65 Å². The Labute approximate surface area is 99.7 Å². The summed E-state index contributed by atoms with van der Waals surface area (Å²) in [6.07, 6.45) is 4.18. The molecule has 2 rings (SSSR count). The second-order valence-corrected chi connectivity index (χ2v) is 4.42. The van der Waals surface area contributed by atoms with Gasteiger partial charge < -0.3 is 10.4 Å². The van der Waals surface area contributed by atoms with Crippen LogP contribution in [-0.4, -0.2) is 36.8 Å².